The molecule has 4 amide bonds. The number of allylic oxidation sites excluding steroid dienone is 2. The standard InChI is InChI=1S/C37H46N6O8/c1-22(2)24(17-23(3)21-51-31(35(39)40)18-28(38)26-9-5-6-11-29(26)45)19-42-33(47)13-8-16-50-30-12-7-10-27-34(30)37(49)43(36(27)48)25(20-44)14-15-32(46)41-4/h5-7,9-12,18,20,23,25,38,45H,8,13-17,19,21H2,1-4H3,(H3,39,40)(H,41,46)(H,42,47)/b31-18+,38-28?. The van der Waals surface area contributed by atoms with Crippen LogP contribution in [-0.2, 0) is 19.1 Å². The Labute approximate surface area is 297 Å². The van der Waals surface area contributed by atoms with E-state index >= 15 is 0 Å². The zero-order chi connectivity index (χ0) is 37.7. The van der Waals surface area contributed by atoms with E-state index in [1.165, 1.54) is 25.3 Å². The summed E-state index contributed by atoms with van der Waals surface area (Å²) < 4.78 is 11.6. The monoisotopic (exact) mass is 702 g/mol. The molecule has 51 heavy (non-hydrogen) atoms. The van der Waals surface area contributed by atoms with Crippen LogP contribution in [0.25, 0.3) is 0 Å². The van der Waals surface area contributed by atoms with Gasteiger partial charge in [0.05, 0.1) is 36.1 Å². The van der Waals surface area contributed by atoms with Crippen LogP contribution in [0.3, 0.4) is 0 Å². The van der Waals surface area contributed by atoms with Crippen molar-refractivity contribution in [1.29, 1.82) is 10.8 Å². The van der Waals surface area contributed by atoms with E-state index in [2.05, 4.69) is 10.6 Å². The lowest BCUT2D eigenvalue weighted by Gasteiger charge is -2.21. The predicted octanol–water partition coefficient (Wildman–Crippen LogP) is 3.62. The third-order valence-corrected chi connectivity index (χ3v) is 8.21. The Balaban J connectivity index is 1.49. The van der Waals surface area contributed by atoms with Crippen molar-refractivity contribution in [3.8, 4) is 11.5 Å². The van der Waals surface area contributed by atoms with Gasteiger partial charge in [-0.25, -0.2) is 0 Å². The summed E-state index contributed by atoms with van der Waals surface area (Å²) in [6, 6.07) is 9.87. The minimum atomic E-state index is -1.10. The van der Waals surface area contributed by atoms with Crippen LogP contribution in [0.4, 0.5) is 0 Å². The maximum absolute atomic E-state index is 13.2. The van der Waals surface area contributed by atoms with Gasteiger partial charge in [-0.1, -0.05) is 36.3 Å². The number of rotatable bonds is 20. The number of benzene rings is 2. The highest BCUT2D eigenvalue weighted by atomic mass is 16.5. The van der Waals surface area contributed by atoms with Crippen LogP contribution in [0, 0.1) is 16.7 Å². The highest BCUT2D eigenvalue weighted by molar-refractivity contribution is 6.23. The number of aromatic hydroxyl groups is 1. The van der Waals surface area contributed by atoms with Crippen molar-refractivity contribution in [3.05, 3.63) is 82.1 Å². The summed E-state index contributed by atoms with van der Waals surface area (Å²) in [7, 11) is 1.46. The number of hydrogen-bond acceptors (Lipinski definition) is 10. The molecule has 3 rings (SSSR count). The number of carbonyl (C=O) groups is 5. The van der Waals surface area contributed by atoms with E-state index in [0.29, 0.717) is 25.7 Å². The van der Waals surface area contributed by atoms with Crippen molar-refractivity contribution in [2.24, 2.45) is 11.7 Å². The lowest BCUT2D eigenvalue weighted by atomic mass is 9.98. The van der Waals surface area contributed by atoms with E-state index < -0.39 is 17.9 Å². The fraction of sp³-hybridized carbons (Fsp3) is 0.378. The summed E-state index contributed by atoms with van der Waals surface area (Å²) in [4.78, 5) is 63.2. The lowest BCUT2D eigenvalue weighted by molar-refractivity contribution is -0.122. The van der Waals surface area contributed by atoms with Crippen LogP contribution >= 0.6 is 0 Å². The molecule has 0 bridgehead atoms. The van der Waals surface area contributed by atoms with Gasteiger partial charge >= 0.3 is 0 Å². The number of carbonyl (C=O) groups excluding carboxylic acids is 5. The third-order valence-electron chi connectivity index (χ3n) is 8.21. The number of amidine groups is 1. The van der Waals surface area contributed by atoms with Gasteiger partial charge in [0.2, 0.25) is 11.8 Å². The summed E-state index contributed by atoms with van der Waals surface area (Å²) in [5, 5.41) is 31.5. The number of aldehydes is 1. The number of phenolic OH excluding ortho intramolecular Hbond substituents is 1. The van der Waals surface area contributed by atoms with E-state index in [9.17, 15) is 29.1 Å². The Kier molecular flexibility index (Phi) is 14.6. The van der Waals surface area contributed by atoms with Gasteiger partial charge in [-0.15, -0.1) is 0 Å². The van der Waals surface area contributed by atoms with E-state index in [4.69, 9.17) is 26.0 Å². The average molecular weight is 703 g/mol. The second kappa shape index (κ2) is 18.8. The van der Waals surface area contributed by atoms with Crippen molar-refractivity contribution in [2.45, 2.75) is 58.9 Å². The van der Waals surface area contributed by atoms with Crippen molar-refractivity contribution >= 4 is 41.5 Å². The Bertz CT molecular complexity index is 1730. The van der Waals surface area contributed by atoms with Gasteiger partial charge in [0.1, 0.15) is 17.8 Å². The molecule has 2 aromatic rings. The molecule has 14 heteroatoms. The first kappa shape index (κ1) is 39.6. The Hall–Kier alpha value is -5.79. The number of para-hydroxylation sites is 1. The zero-order valence-electron chi connectivity index (χ0n) is 29.3. The van der Waals surface area contributed by atoms with E-state index in [1.54, 1.807) is 30.3 Å². The topological polar surface area (TPSA) is 225 Å². The SMILES string of the molecule is CNC(=O)CCC(C=O)N1C(=O)c2cccc(OCCCC(=O)NCC(CC(C)CO/C(=C/C(=N)c3ccccc3O)C(=N)N)=C(C)C)c2C1=O. The molecule has 1 aliphatic rings. The van der Waals surface area contributed by atoms with Crippen molar-refractivity contribution in [2.75, 3.05) is 26.8 Å². The second-order valence-electron chi connectivity index (χ2n) is 12.4. The van der Waals surface area contributed by atoms with Gasteiger partial charge < -0.3 is 35.7 Å². The largest absolute Gasteiger partial charge is 0.507 e. The molecular weight excluding hydrogens is 656 g/mol. The molecule has 0 aliphatic carbocycles. The fourth-order valence-electron chi connectivity index (χ4n) is 5.34. The number of fused-ring (bicyclic) bond motifs is 1. The van der Waals surface area contributed by atoms with Crippen LogP contribution in [0.15, 0.2) is 65.4 Å². The number of nitrogens with one attached hydrogen (secondary N) is 4. The molecule has 0 radical (unpaired) electrons. The first-order valence-electron chi connectivity index (χ1n) is 16.6. The van der Waals surface area contributed by atoms with Gasteiger partial charge in [0, 0.05) is 38.1 Å². The minimum absolute atomic E-state index is 0.00643. The van der Waals surface area contributed by atoms with Gasteiger partial charge in [-0.2, -0.15) is 0 Å². The van der Waals surface area contributed by atoms with Gasteiger partial charge in [0.25, 0.3) is 11.8 Å². The Morgan fingerprint density at radius 2 is 1.76 bits per heavy atom. The number of ether oxygens (including phenoxy) is 2. The smallest absolute Gasteiger partial charge is 0.265 e. The first-order chi connectivity index (χ1) is 24.3. The highest BCUT2D eigenvalue weighted by Crippen LogP contribution is 2.33. The van der Waals surface area contributed by atoms with E-state index in [1.807, 2.05) is 20.8 Å². The van der Waals surface area contributed by atoms with Crippen molar-refractivity contribution < 1.29 is 38.6 Å². The highest BCUT2D eigenvalue weighted by Gasteiger charge is 2.42. The van der Waals surface area contributed by atoms with Crippen LogP contribution < -0.4 is 21.1 Å². The predicted molar refractivity (Wildman–Crippen MR) is 191 cm³/mol. The quantitative estimate of drug-likeness (QED) is 0.0225. The number of amides is 4. The van der Waals surface area contributed by atoms with Crippen molar-refractivity contribution in [3.63, 3.8) is 0 Å². The molecule has 0 spiro atoms. The van der Waals surface area contributed by atoms with Gasteiger partial charge in [-0.3, -0.25) is 34.9 Å². The van der Waals surface area contributed by atoms with Crippen LogP contribution in [-0.4, -0.2) is 84.3 Å². The Morgan fingerprint density at radius 1 is 1.04 bits per heavy atom. The van der Waals surface area contributed by atoms with Crippen LogP contribution in [0.2, 0.25) is 0 Å². The molecule has 2 aromatic carbocycles. The molecule has 0 aromatic heterocycles. The summed E-state index contributed by atoms with van der Waals surface area (Å²) >= 11 is 0. The van der Waals surface area contributed by atoms with Gasteiger partial charge in [0.15, 0.2) is 11.6 Å². The fourth-order valence-corrected chi connectivity index (χ4v) is 5.34. The maximum Gasteiger partial charge on any atom is 0.265 e. The molecule has 2 atom stereocenters. The molecule has 1 heterocycles. The van der Waals surface area contributed by atoms with E-state index in [-0.39, 0.29) is 95.7 Å². The molecular formula is C37H46N6O8. The molecule has 2 unspecified atom stereocenters. The molecule has 1 aliphatic heterocycles. The molecule has 14 nitrogen and oxygen atoms in total. The van der Waals surface area contributed by atoms with Gasteiger partial charge in [-0.05, 0) is 63.3 Å². The lowest BCUT2D eigenvalue weighted by Crippen LogP contribution is -2.41. The number of phenols is 1. The number of hydrogen-bond donors (Lipinski definition) is 6. The molecule has 0 saturated heterocycles. The van der Waals surface area contributed by atoms with Crippen LogP contribution in [0.1, 0.15) is 79.2 Å². The summed E-state index contributed by atoms with van der Waals surface area (Å²) in [6.07, 6.45) is 2.81. The first-order valence-corrected chi connectivity index (χ1v) is 16.6. The molecule has 0 fully saturated rings. The zero-order valence-corrected chi connectivity index (χ0v) is 29.3. The molecule has 7 N–H and O–H groups in total. The second-order valence-corrected chi connectivity index (χ2v) is 12.4. The summed E-state index contributed by atoms with van der Waals surface area (Å²) in [6.45, 7) is 6.45. The maximum atomic E-state index is 13.2. The average Bonchev–Trinajstić information content (AvgIpc) is 3.36. The molecule has 272 valence electrons. The van der Waals surface area contributed by atoms with E-state index in [0.717, 1.165) is 16.0 Å². The summed E-state index contributed by atoms with van der Waals surface area (Å²) in [5.41, 5.74) is 8.11. The van der Waals surface area contributed by atoms with Crippen LogP contribution in [0.5, 0.6) is 11.5 Å². The number of nitrogens with zero attached hydrogens (tertiary/aromatic N) is 1. The Morgan fingerprint density at radius 3 is 2.41 bits per heavy atom. The number of nitrogens with two attached hydrogens (primary N) is 1. The molecule has 0 saturated carbocycles. The number of imide groups is 1. The third kappa shape index (κ3) is 10.8. The minimum Gasteiger partial charge on any atom is -0.507 e. The summed E-state index contributed by atoms with van der Waals surface area (Å²) in [5.74, 6) is -2.09. The normalized spacial score (nSPS) is 13.5. The van der Waals surface area contributed by atoms with Crippen molar-refractivity contribution in [1.82, 2.24) is 15.5 Å².